The van der Waals surface area contributed by atoms with Crippen LogP contribution in [-0.2, 0) is 4.79 Å². The normalized spacial score (nSPS) is 18.3. The van der Waals surface area contributed by atoms with E-state index in [9.17, 15) is 19.3 Å². The molecule has 1 unspecified atom stereocenters. The smallest absolute Gasteiger partial charge is 0.295 e. The average Bonchev–Trinajstić information content (AvgIpc) is 2.83. The van der Waals surface area contributed by atoms with Gasteiger partial charge in [0.05, 0.1) is 11.0 Å². The van der Waals surface area contributed by atoms with E-state index in [1.165, 1.54) is 6.07 Å². The van der Waals surface area contributed by atoms with Crippen molar-refractivity contribution in [2.45, 2.75) is 25.3 Å². The number of hydrogen-bond acceptors (Lipinski definition) is 4. The van der Waals surface area contributed by atoms with E-state index in [1.54, 1.807) is 0 Å². The van der Waals surface area contributed by atoms with Gasteiger partial charge in [-0.3, -0.25) is 14.9 Å². The van der Waals surface area contributed by atoms with E-state index in [4.69, 9.17) is 0 Å². The van der Waals surface area contributed by atoms with Gasteiger partial charge in [-0.1, -0.05) is 0 Å². The summed E-state index contributed by atoms with van der Waals surface area (Å²) in [5.41, 5.74) is -0.415. The maximum Gasteiger partial charge on any atom is 0.295 e. The number of carbonyl (C=O) groups is 1. The number of nitro benzene ring substituents is 1. The third-order valence-electron chi connectivity index (χ3n) is 3.02. The molecule has 0 spiro atoms. The lowest BCUT2D eigenvalue weighted by Gasteiger charge is -2.10. The van der Waals surface area contributed by atoms with Crippen LogP contribution >= 0.6 is 0 Å². The summed E-state index contributed by atoms with van der Waals surface area (Å²) < 4.78 is 12.9. The minimum atomic E-state index is -0.716. The van der Waals surface area contributed by atoms with Gasteiger partial charge in [0.1, 0.15) is 11.5 Å². The van der Waals surface area contributed by atoms with Crippen molar-refractivity contribution in [2.75, 3.05) is 11.9 Å². The summed E-state index contributed by atoms with van der Waals surface area (Å²) >= 11 is 0. The molecule has 0 saturated carbocycles. The molecule has 1 atom stereocenters. The van der Waals surface area contributed by atoms with Crippen molar-refractivity contribution in [2.24, 2.45) is 0 Å². The van der Waals surface area contributed by atoms with Gasteiger partial charge in [-0.15, -0.1) is 0 Å². The molecule has 1 amide bonds. The van der Waals surface area contributed by atoms with Gasteiger partial charge in [0.25, 0.3) is 5.69 Å². The molecule has 1 saturated heterocycles. The number of halogens is 1. The van der Waals surface area contributed by atoms with Gasteiger partial charge in [-0.05, 0) is 31.5 Å². The van der Waals surface area contributed by atoms with Crippen molar-refractivity contribution in [1.29, 1.82) is 0 Å². The molecule has 1 fully saturated rings. The van der Waals surface area contributed by atoms with Crippen LogP contribution in [0.3, 0.4) is 0 Å². The summed E-state index contributed by atoms with van der Waals surface area (Å²) in [4.78, 5) is 21.8. The number of carbonyl (C=O) groups excluding carboxylic acids is 1. The van der Waals surface area contributed by atoms with Gasteiger partial charge >= 0.3 is 0 Å². The zero-order valence-corrected chi connectivity index (χ0v) is 10.2. The maximum atomic E-state index is 12.9. The van der Waals surface area contributed by atoms with E-state index in [0.717, 1.165) is 31.5 Å². The molecule has 0 aliphatic carbocycles. The van der Waals surface area contributed by atoms with Crippen molar-refractivity contribution in [3.8, 4) is 0 Å². The zero-order chi connectivity index (χ0) is 13.8. The van der Waals surface area contributed by atoms with E-state index < -0.39 is 16.4 Å². The minimum Gasteiger partial charge on any atom is -0.320 e. The van der Waals surface area contributed by atoms with Crippen LogP contribution in [0.25, 0.3) is 0 Å². The summed E-state index contributed by atoms with van der Waals surface area (Å²) in [7, 11) is 0. The number of benzene rings is 1. The van der Waals surface area contributed by atoms with Crippen LogP contribution in [0, 0.1) is 15.9 Å². The molecular formula is C12H14FN3O3. The summed E-state index contributed by atoms with van der Waals surface area (Å²) in [6, 6.07) is 3.19. The van der Waals surface area contributed by atoms with E-state index in [1.807, 2.05) is 0 Å². The molecule has 0 radical (unpaired) electrons. The highest BCUT2D eigenvalue weighted by Crippen LogP contribution is 2.25. The predicted molar refractivity (Wildman–Crippen MR) is 67.3 cm³/mol. The highest BCUT2D eigenvalue weighted by atomic mass is 19.1. The van der Waals surface area contributed by atoms with Gasteiger partial charge in [-0.2, -0.15) is 0 Å². The van der Waals surface area contributed by atoms with Gasteiger partial charge in [0, 0.05) is 12.5 Å². The molecule has 7 heteroatoms. The molecule has 1 aromatic carbocycles. The topological polar surface area (TPSA) is 84.3 Å². The van der Waals surface area contributed by atoms with E-state index in [2.05, 4.69) is 10.6 Å². The van der Waals surface area contributed by atoms with Gasteiger partial charge in [-0.25, -0.2) is 4.39 Å². The van der Waals surface area contributed by atoms with Gasteiger partial charge < -0.3 is 10.6 Å². The fourth-order valence-electron chi connectivity index (χ4n) is 2.12. The van der Waals surface area contributed by atoms with Crippen LogP contribution in [0.5, 0.6) is 0 Å². The second-order valence-corrected chi connectivity index (χ2v) is 4.46. The van der Waals surface area contributed by atoms with E-state index in [-0.39, 0.29) is 24.1 Å². The SMILES string of the molecule is O=C(CC1CCCN1)Nc1ccc(F)cc1[N+](=O)[O-]. The molecule has 102 valence electrons. The first-order valence-electron chi connectivity index (χ1n) is 6.03. The Balaban J connectivity index is 2.05. The minimum absolute atomic E-state index is 0.0226. The molecule has 1 heterocycles. The number of hydrogen-bond donors (Lipinski definition) is 2. The van der Waals surface area contributed by atoms with Crippen molar-refractivity contribution in [3.05, 3.63) is 34.1 Å². The van der Waals surface area contributed by atoms with Crippen LogP contribution in [0.2, 0.25) is 0 Å². The second-order valence-electron chi connectivity index (χ2n) is 4.46. The Hall–Kier alpha value is -2.02. The lowest BCUT2D eigenvalue weighted by molar-refractivity contribution is -0.384. The van der Waals surface area contributed by atoms with Crippen molar-refractivity contribution >= 4 is 17.3 Å². The average molecular weight is 267 g/mol. The van der Waals surface area contributed by atoms with Crippen molar-refractivity contribution in [3.63, 3.8) is 0 Å². The quantitative estimate of drug-likeness (QED) is 0.643. The second kappa shape index (κ2) is 5.75. The molecule has 1 aliphatic heterocycles. The maximum absolute atomic E-state index is 12.9. The van der Waals surface area contributed by atoms with E-state index >= 15 is 0 Å². The molecule has 1 aliphatic rings. The molecule has 2 rings (SSSR count). The molecule has 2 N–H and O–H groups in total. The number of amides is 1. The third kappa shape index (κ3) is 3.47. The summed E-state index contributed by atoms with van der Waals surface area (Å²) in [6.45, 7) is 0.884. The van der Waals surface area contributed by atoms with Crippen molar-refractivity contribution < 1.29 is 14.1 Å². The van der Waals surface area contributed by atoms with Gasteiger partial charge in [0.2, 0.25) is 5.91 Å². The standard InChI is InChI=1S/C12H14FN3O3/c13-8-3-4-10(11(6-8)16(18)19)15-12(17)7-9-2-1-5-14-9/h3-4,6,9,14H,1-2,5,7H2,(H,15,17). The summed E-state index contributed by atoms with van der Waals surface area (Å²) in [6.07, 6.45) is 2.20. The predicted octanol–water partition coefficient (Wildman–Crippen LogP) is 1.81. The highest BCUT2D eigenvalue weighted by molar-refractivity contribution is 5.93. The number of nitro groups is 1. The molecule has 6 nitrogen and oxygen atoms in total. The van der Waals surface area contributed by atoms with Crippen LogP contribution in [0.4, 0.5) is 15.8 Å². The largest absolute Gasteiger partial charge is 0.320 e. The van der Waals surface area contributed by atoms with Crippen LogP contribution in [0.1, 0.15) is 19.3 Å². The Morgan fingerprint density at radius 3 is 3.00 bits per heavy atom. The molecule has 0 aromatic heterocycles. The number of rotatable bonds is 4. The monoisotopic (exact) mass is 267 g/mol. The zero-order valence-electron chi connectivity index (χ0n) is 10.2. The Morgan fingerprint density at radius 2 is 2.37 bits per heavy atom. The number of nitrogens with zero attached hydrogens (tertiary/aromatic N) is 1. The third-order valence-corrected chi connectivity index (χ3v) is 3.02. The van der Waals surface area contributed by atoms with Crippen molar-refractivity contribution in [1.82, 2.24) is 5.32 Å². The Kier molecular flexibility index (Phi) is 4.06. The van der Waals surface area contributed by atoms with Crippen LogP contribution < -0.4 is 10.6 Å². The van der Waals surface area contributed by atoms with Crippen LogP contribution in [-0.4, -0.2) is 23.4 Å². The first kappa shape index (κ1) is 13.4. The molecule has 0 bridgehead atoms. The summed E-state index contributed by atoms with van der Waals surface area (Å²) in [5.74, 6) is -1.02. The Labute approximate surface area is 109 Å². The lowest BCUT2D eigenvalue weighted by atomic mass is 10.1. The fraction of sp³-hybridized carbons (Fsp3) is 0.417. The van der Waals surface area contributed by atoms with E-state index in [0.29, 0.717) is 0 Å². The number of nitrogens with one attached hydrogen (secondary N) is 2. The van der Waals surface area contributed by atoms with Crippen LogP contribution in [0.15, 0.2) is 18.2 Å². The molecular weight excluding hydrogens is 253 g/mol. The lowest BCUT2D eigenvalue weighted by Crippen LogP contribution is -2.27. The molecule has 1 aromatic rings. The Morgan fingerprint density at radius 1 is 1.58 bits per heavy atom. The highest BCUT2D eigenvalue weighted by Gasteiger charge is 2.21. The first-order valence-corrected chi connectivity index (χ1v) is 6.03. The Bertz CT molecular complexity index is 501. The summed E-state index contributed by atoms with van der Waals surface area (Å²) in [5, 5.41) is 16.4. The number of anilines is 1. The molecule has 19 heavy (non-hydrogen) atoms. The fourth-order valence-corrected chi connectivity index (χ4v) is 2.12. The first-order chi connectivity index (χ1) is 9.06. The van der Waals surface area contributed by atoms with Gasteiger partial charge in [0.15, 0.2) is 0 Å².